The number of hydrogen-bond donors (Lipinski definition) is 6. The minimum absolute atomic E-state index is 0.113. The molecular formula is C72H127NO10. The first-order valence-electron chi connectivity index (χ1n) is 34.4. The maximum atomic E-state index is 13.5. The molecule has 1 heterocycles. The van der Waals surface area contributed by atoms with E-state index in [1.54, 1.807) is 6.08 Å². The van der Waals surface area contributed by atoms with Gasteiger partial charge in [0.1, 0.15) is 24.4 Å². The van der Waals surface area contributed by atoms with Crippen LogP contribution in [0.2, 0.25) is 0 Å². The number of carbonyl (C=O) groups is 2. The average molecular weight is 1170 g/mol. The van der Waals surface area contributed by atoms with E-state index < -0.39 is 67.4 Å². The van der Waals surface area contributed by atoms with Crippen LogP contribution < -0.4 is 5.32 Å². The van der Waals surface area contributed by atoms with Gasteiger partial charge in [-0.1, -0.05) is 279 Å². The third kappa shape index (κ3) is 46.7. The van der Waals surface area contributed by atoms with Gasteiger partial charge in [-0.2, -0.15) is 0 Å². The van der Waals surface area contributed by atoms with Crippen LogP contribution in [-0.2, 0) is 23.8 Å². The van der Waals surface area contributed by atoms with Crippen LogP contribution in [0, 0.1) is 0 Å². The monoisotopic (exact) mass is 1170 g/mol. The number of aliphatic hydroxyl groups is 5. The highest BCUT2D eigenvalue weighted by molar-refractivity contribution is 5.80. The molecule has 0 spiro atoms. The summed E-state index contributed by atoms with van der Waals surface area (Å²) >= 11 is 0. The number of hydrogen-bond acceptors (Lipinski definition) is 10. The topological polar surface area (TPSA) is 175 Å². The van der Waals surface area contributed by atoms with E-state index in [1.165, 1.54) is 135 Å². The van der Waals surface area contributed by atoms with Crippen molar-refractivity contribution in [3.8, 4) is 0 Å². The third-order valence-corrected chi connectivity index (χ3v) is 15.8. The molecule has 480 valence electrons. The molecule has 83 heavy (non-hydrogen) atoms. The van der Waals surface area contributed by atoms with Gasteiger partial charge in [-0.3, -0.25) is 9.59 Å². The number of rotatable bonds is 58. The van der Waals surface area contributed by atoms with Gasteiger partial charge in [-0.15, -0.1) is 0 Å². The van der Waals surface area contributed by atoms with Gasteiger partial charge in [-0.25, -0.2) is 0 Å². The summed E-state index contributed by atoms with van der Waals surface area (Å²) in [5.74, 6) is -1.20. The highest BCUT2D eigenvalue weighted by Gasteiger charge is 2.47. The zero-order chi connectivity index (χ0) is 60.3. The van der Waals surface area contributed by atoms with Crippen molar-refractivity contribution in [2.45, 2.75) is 346 Å². The van der Waals surface area contributed by atoms with Crippen molar-refractivity contribution in [2.24, 2.45) is 0 Å². The van der Waals surface area contributed by atoms with E-state index in [0.29, 0.717) is 12.8 Å². The quantitative estimate of drug-likeness (QED) is 0.0195. The van der Waals surface area contributed by atoms with E-state index in [4.69, 9.17) is 14.2 Å². The van der Waals surface area contributed by atoms with Crippen molar-refractivity contribution in [2.75, 3.05) is 13.2 Å². The molecule has 0 radical (unpaired) electrons. The van der Waals surface area contributed by atoms with Crippen molar-refractivity contribution in [1.29, 1.82) is 0 Å². The molecule has 8 unspecified atom stereocenters. The normalized spacial score (nSPS) is 19.1. The molecule has 6 N–H and O–H groups in total. The Labute approximate surface area is 508 Å². The summed E-state index contributed by atoms with van der Waals surface area (Å²) in [7, 11) is 0. The van der Waals surface area contributed by atoms with Crippen LogP contribution in [0.1, 0.15) is 297 Å². The summed E-state index contributed by atoms with van der Waals surface area (Å²) in [6.45, 7) is 5.69. The van der Waals surface area contributed by atoms with Crippen LogP contribution in [0.3, 0.4) is 0 Å². The Morgan fingerprint density at radius 3 is 1.31 bits per heavy atom. The molecule has 1 rings (SSSR count). The molecule has 0 aromatic carbocycles. The minimum atomic E-state index is -1.62. The standard InChI is InChI=1S/C72H127NO10/c1-4-7-10-13-16-19-22-25-27-29-30-31-32-33-34-35-36-37-39-42-45-48-51-54-57-60-67(77)83-70-69(79)68(78)66(61-74)82-72(70)81-62-63(64(75)58-55-52-49-46-43-40-24-21-18-15-12-9-6-3)73-71(80)65(76)59-56-53-50-47-44-41-38-28-26-23-20-17-14-11-8-5-2/h7,10,16,19,25-28,30-31,33-34,55,58,63-66,68-70,72,74-76,78-79H,4-6,8-9,11-15,17-18,20-24,29,32,35-54,56-57,59-62H2,1-3H3,(H,73,80)/b10-7-,19-16-,27-25-,28-26+,31-30-,34-33-,58-55+. The molecule has 8 atom stereocenters. The summed E-state index contributed by atoms with van der Waals surface area (Å²) in [5, 5.41) is 57.2. The molecule has 11 heteroatoms. The van der Waals surface area contributed by atoms with Crippen LogP contribution in [-0.4, -0.2) is 99.6 Å². The Morgan fingerprint density at radius 2 is 0.867 bits per heavy atom. The lowest BCUT2D eigenvalue weighted by molar-refractivity contribution is -0.305. The van der Waals surface area contributed by atoms with Gasteiger partial charge in [-0.05, 0) is 96.3 Å². The van der Waals surface area contributed by atoms with E-state index in [9.17, 15) is 35.1 Å². The molecule has 0 aromatic heterocycles. The second-order valence-electron chi connectivity index (χ2n) is 23.5. The predicted molar refractivity (Wildman–Crippen MR) is 347 cm³/mol. The van der Waals surface area contributed by atoms with Gasteiger partial charge in [0, 0.05) is 6.42 Å². The second kappa shape index (κ2) is 59.2. The molecule has 1 amide bonds. The lowest BCUT2D eigenvalue weighted by atomic mass is 9.99. The van der Waals surface area contributed by atoms with Crippen LogP contribution in [0.4, 0.5) is 0 Å². The smallest absolute Gasteiger partial charge is 0.306 e. The molecule has 1 fully saturated rings. The van der Waals surface area contributed by atoms with Gasteiger partial charge < -0.3 is 45.1 Å². The fraction of sp³-hybridized carbons (Fsp3) is 0.778. The molecule has 1 aliphatic rings. The Balaban J connectivity index is 2.61. The largest absolute Gasteiger partial charge is 0.454 e. The van der Waals surface area contributed by atoms with Gasteiger partial charge in [0.25, 0.3) is 0 Å². The molecule has 0 aromatic rings. The highest BCUT2D eigenvalue weighted by Crippen LogP contribution is 2.26. The molecule has 0 bridgehead atoms. The number of nitrogens with one attached hydrogen (secondary N) is 1. The van der Waals surface area contributed by atoms with Crippen LogP contribution in [0.15, 0.2) is 85.1 Å². The molecule has 1 aliphatic heterocycles. The first kappa shape index (κ1) is 77.9. The first-order chi connectivity index (χ1) is 40.7. The maximum Gasteiger partial charge on any atom is 0.306 e. The molecule has 0 aliphatic carbocycles. The zero-order valence-corrected chi connectivity index (χ0v) is 53.3. The third-order valence-electron chi connectivity index (χ3n) is 15.8. The van der Waals surface area contributed by atoms with Crippen molar-refractivity contribution in [1.82, 2.24) is 5.32 Å². The molecule has 11 nitrogen and oxygen atoms in total. The summed E-state index contributed by atoms with van der Waals surface area (Å²) in [4.78, 5) is 26.6. The number of carbonyl (C=O) groups excluding carboxylic acids is 2. The Morgan fingerprint density at radius 1 is 0.482 bits per heavy atom. The Kier molecular flexibility index (Phi) is 55.5. The van der Waals surface area contributed by atoms with Crippen molar-refractivity contribution in [3.63, 3.8) is 0 Å². The van der Waals surface area contributed by atoms with Crippen molar-refractivity contribution in [3.05, 3.63) is 85.1 Å². The van der Waals surface area contributed by atoms with E-state index in [2.05, 4.69) is 99.0 Å². The Bertz CT molecular complexity index is 1670. The number of aliphatic hydroxyl groups excluding tert-OH is 5. The maximum absolute atomic E-state index is 13.5. The van der Waals surface area contributed by atoms with Crippen LogP contribution in [0.5, 0.6) is 0 Å². The first-order valence-corrected chi connectivity index (χ1v) is 34.4. The van der Waals surface area contributed by atoms with Crippen molar-refractivity contribution >= 4 is 11.9 Å². The van der Waals surface area contributed by atoms with E-state index >= 15 is 0 Å². The summed E-state index contributed by atoms with van der Waals surface area (Å²) < 4.78 is 17.7. The zero-order valence-electron chi connectivity index (χ0n) is 53.3. The number of ether oxygens (including phenoxy) is 3. The van der Waals surface area contributed by atoms with E-state index in [0.717, 1.165) is 116 Å². The Hall–Kier alpha value is -3.16. The van der Waals surface area contributed by atoms with Gasteiger partial charge >= 0.3 is 5.97 Å². The summed E-state index contributed by atoms with van der Waals surface area (Å²) in [6, 6.07) is -1.03. The summed E-state index contributed by atoms with van der Waals surface area (Å²) in [6.07, 6.45) is 67.5. The highest BCUT2D eigenvalue weighted by atomic mass is 16.7. The lowest BCUT2D eigenvalue weighted by Crippen LogP contribution is -2.61. The second-order valence-corrected chi connectivity index (χ2v) is 23.5. The fourth-order valence-electron chi connectivity index (χ4n) is 10.4. The van der Waals surface area contributed by atoms with Crippen LogP contribution in [0.25, 0.3) is 0 Å². The van der Waals surface area contributed by atoms with Gasteiger partial charge in [0.15, 0.2) is 12.4 Å². The average Bonchev–Trinajstić information content (AvgIpc) is 3.58. The van der Waals surface area contributed by atoms with Gasteiger partial charge in [0.05, 0.1) is 25.4 Å². The number of allylic oxidation sites excluding steroid dienone is 13. The fourth-order valence-corrected chi connectivity index (χ4v) is 10.4. The van der Waals surface area contributed by atoms with E-state index in [1.807, 2.05) is 6.08 Å². The number of esters is 1. The minimum Gasteiger partial charge on any atom is -0.454 e. The molecule has 1 saturated heterocycles. The molecular weight excluding hydrogens is 1040 g/mol. The summed E-state index contributed by atoms with van der Waals surface area (Å²) in [5.41, 5.74) is 0. The van der Waals surface area contributed by atoms with Gasteiger partial charge in [0.2, 0.25) is 5.91 Å². The van der Waals surface area contributed by atoms with Crippen molar-refractivity contribution < 1.29 is 49.3 Å². The van der Waals surface area contributed by atoms with E-state index in [-0.39, 0.29) is 19.4 Å². The predicted octanol–water partition coefficient (Wildman–Crippen LogP) is 17.3. The molecule has 0 saturated carbocycles. The van der Waals surface area contributed by atoms with Crippen LogP contribution >= 0.6 is 0 Å². The lowest BCUT2D eigenvalue weighted by Gasteiger charge is -2.41. The number of unbranched alkanes of at least 4 members (excludes halogenated alkanes) is 32. The SMILES string of the molecule is CC/C=C\C/C=C\C/C=C\C/C=C\C/C=C\CCCCCCCCCCCC(=O)OC1C(OCC(NC(=O)C(O)CCCCCCCC/C=C/CCCCCCCC)C(O)/C=C/CCCCCCCCCCCCC)OC(CO)C(O)C1O. The number of amides is 1.